The van der Waals surface area contributed by atoms with Crippen LogP contribution in [-0.4, -0.2) is 21.9 Å². The van der Waals surface area contributed by atoms with Gasteiger partial charge in [-0.1, -0.05) is 35.2 Å². The van der Waals surface area contributed by atoms with E-state index in [9.17, 15) is 4.79 Å². The largest absolute Gasteiger partial charge is 0.330 e. The van der Waals surface area contributed by atoms with Crippen LogP contribution in [0.5, 0.6) is 0 Å². The molecule has 0 bridgehead atoms. The van der Waals surface area contributed by atoms with Crippen molar-refractivity contribution < 1.29 is 4.79 Å². The number of rotatable bonds is 6. The summed E-state index contributed by atoms with van der Waals surface area (Å²) in [6.07, 6.45) is 0. The molecule has 0 saturated carbocycles. The van der Waals surface area contributed by atoms with Crippen LogP contribution < -0.4 is 10.6 Å². The van der Waals surface area contributed by atoms with Crippen molar-refractivity contribution in [3.8, 4) is 0 Å². The van der Waals surface area contributed by atoms with Gasteiger partial charge in [-0.05, 0) is 77.9 Å². The summed E-state index contributed by atoms with van der Waals surface area (Å²) < 4.78 is 1.89. The average Bonchev–Trinajstić information content (AvgIpc) is 3.07. The van der Waals surface area contributed by atoms with Crippen LogP contribution in [0.3, 0.4) is 0 Å². The van der Waals surface area contributed by atoms with Crippen LogP contribution in [0.4, 0.5) is 16.5 Å². The third-order valence-corrected chi connectivity index (χ3v) is 6.40. The zero-order chi connectivity index (χ0) is 18.5. The summed E-state index contributed by atoms with van der Waals surface area (Å²) in [4.78, 5) is 12.1. The minimum Gasteiger partial charge on any atom is -0.330 e. The Morgan fingerprint density at radius 3 is 2.69 bits per heavy atom. The summed E-state index contributed by atoms with van der Waals surface area (Å²) in [7, 11) is 0. The highest BCUT2D eigenvalue weighted by atomic mass is 127. The predicted octanol–water partition coefficient (Wildman–Crippen LogP) is 5.23. The van der Waals surface area contributed by atoms with E-state index in [1.54, 1.807) is 0 Å². The summed E-state index contributed by atoms with van der Waals surface area (Å²) in [6.45, 7) is 4.15. The lowest BCUT2D eigenvalue weighted by atomic mass is 10.1. The van der Waals surface area contributed by atoms with E-state index in [1.165, 1.54) is 34.2 Å². The molecule has 1 aromatic heterocycles. The zero-order valence-electron chi connectivity index (χ0n) is 14.2. The Kier molecular flexibility index (Phi) is 6.49. The molecule has 0 saturated heterocycles. The molecule has 8 heteroatoms. The van der Waals surface area contributed by atoms with Gasteiger partial charge in [-0.3, -0.25) is 4.79 Å². The smallest absolute Gasteiger partial charge is 0.234 e. The number of nitrogens with one attached hydrogen (secondary N) is 2. The molecule has 2 N–H and O–H groups in total. The lowest BCUT2D eigenvalue weighted by Gasteiger charge is -2.08. The maximum Gasteiger partial charge on any atom is 0.234 e. The van der Waals surface area contributed by atoms with Crippen molar-refractivity contribution in [2.45, 2.75) is 18.2 Å². The molecule has 0 aliphatic carbocycles. The van der Waals surface area contributed by atoms with Gasteiger partial charge in [-0.25, -0.2) is 0 Å². The van der Waals surface area contributed by atoms with E-state index in [1.807, 2.05) is 36.4 Å². The Labute approximate surface area is 174 Å². The van der Waals surface area contributed by atoms with Crippen LogP contribution in [0.2, 0.25) is 0 Å². The van der Waals surface area contributed by atoms with Crippen molar-refractivity contribution >= 4 is 68.1 Å². The number of halogens is 1. The molecule has 0 unspecified atom stereocenters. The third-order valence-electron chi connectivity index (χ3n) is 3.71. The lowest BCUT2D eigenvalue weighted by Crippen LogP contribution is -2.13. The van der Waals surface area contributed by atoms with Gasteiger partial charge >= 0.3 is 0 Å². The van der Waals surface area contributed by atoms with Crippen molar-refractivity contribution in [3.63, 3.8) is 0 Å². The van der Waals surface area contributed by atoms with E-state index in [4.69, 9.17) is 0 Å². The number of nitrogens with zero attached hydrogens (tertiary/aromatic N) is 2. The average molecular weight is 496 g/mol. The third kappa shape index (κ3) is 5.18. The highest BCUT2D eigenvalue weighted by Gasteiger charge is 2.10. The number of hydrogen-bond donors (Lipinski definition) is 2. The van der Waals surface area contributed by atoms with Crippen molar-refractivity contribution in [2.75, 3.05) is 16.4 Å². The highest BCUT2D eigenvalue weighted by Crippen LogP contribution is 2.29. The number of amides is 1. The standard InChI is InChI=1S/C18H17IN4OS2/c1-11-4-3-5-15(12(11)2)21-17-22-23-18(26-17)25-10-16(24)20-14-8-6-13(19)7-9-14/h3-9H,10H2,1-2H3,(H,20,24)(H,21,22). The van der Waals surface area contributed by atoms with Gasteiger partial charge in [-0.2, -0.15) is 0 Å². The summed E-state index contributed by atoms with van der Waals surface area (Å²) in [5.74, 6) is 0.236. The molecule has 134 valence electrons. The Balaban J connectivity index is 1.54. The first-order chi connectivity index (χ1) is 12.5. The fraction of sp³-hybridized carbons (Fsp3) is 0.167. The number of aryl methyl sites for hydroxylation is 1. The van der Waals surface area contributed by atoms with Crippen molar-refractivity contribution in [3.05, 3.63) is 57.2 Å². The van der Waals surface area contributed by atoms with E-state index in [-0.39, 0.29) is 5.91 Å². The van der Waals surface area contributed by atoms with Gasteiger partial charge in [-0.15, -0.1) is 10.2 Å². The topological polar surface area (TPSA) is 66.9 Å². The molecule has 2 aromatic carbocycles. The molecule has 5 nitrogen and oxygen atoms in total. The molecule has 1 amide bonds. The molecule has 0 atom stereocenters. The van der Waals surface area contributed by atoms with Gasteiger partial charge in [0.2, 0.25) is 11.0 Å². The van der Waals surface area contributed by atoms with Gasteiger partial charge in [0, 0.05) is 14.9 Å². The lowest BCUT2D eigenvalue weighted by molar-refractivity contribution is -0.113. The van der Waals surface area contributed by atoms with Crippen LogP contribution in [0.15, 0.2) is 46.8 Å². The molecule has 3 aromatic rings. The first-order valence-electron chi connectivity index (χ1n) is 7.86. The van der Waals surface area contributed by atoms with Crippen LogP contribution in [0.1, 0.15) is 11.1 Å². The van der Waals surface area contributed by atoms with Gasteiger partial charge in [0.25, 0.3) is 0 Å². The highest BCUT2D eigenvalue weighted by molar-refractivity contribution is 14.1. The molecule has 3 rings (SSSR count). The Morgan fingerprint density at radius 2 is 1.92 bits per heavy atom. The van der Waals surface area contributed by atoms with Crippen LogP contribution in [0, 0.1) is 17.4 Å². The minimum absolute atomic E-state index is 0.0598. The van der Waals surface area contributed by atoms with Crippen molar-refractivity contribution in [1.29, 1.82) is 0 Å². The normalized spacial score (nSPS) is 10.6. The molecule has 0 radical (unpaired) electrons. The van der Waals surface area contributed by atoms with E-state index in [2.05, 4.69) is 63.3 Å². The summed E-state index contributed by atoms with van der Waals surface area (Å²) >= 11 is 5.05. The molecule has 1 heterocycles. The number of carbonyl (C=O) groups is 1. The predicted molar refractivity (Wildman–Crippen MR) is 118 cm³/mol. The van der Waals surface area contributed by atoms with Gasteiger partial charge < -0.3 is 10.6 Å². The second kappa shape index (κ2) is 8.83. The zero-order valence-corrected chi connectivity index (χ0v) is 18.0. The fourth-order valence-electron chi connectivity index (χ4n) is 2.18. The number of thioether (sulfide) groups is 1. The van der Waals surface area contributed by atoms with Crippen molar-refractivity contribution in [1.82, 2.24) is 10.2 Å². The molecule has 26 heavy (non-hydrogen) atoms. The van der Waals surface area contributed by atoms with Gasteiger partial charge in [0.1, 0.15) is 0 Å². The van der Waals surface area contributed by atoms with E-state index < -0.39 is 0 Å². The second-order valence-corrected chi connectivity index (χ2v) is 9.03. The number of carbonyl (C=O) groups excluding carboxylic acids is 1. The van der Waals surface area contributed by atoms with Crippen LogP contribution in [-0.2, 0) is 4.79 Å². The molecule has 0 fully saturated rings. The Bertz CT molecular complexity index is 912. The number of benzene rings is 2. The van der Waals surface area contributed by atoms with E-state index in [0.29, 0.717) is 5.75 Å². The van der Waals surface area contributed by atoms with Crippen LogP contribution in [0.25, 0.3) is 0 Å². The monoisotopic (exact) mass is 496 g/mol. The summed E-state index contributed by atoms with van der Waals surface area (Å²) in [6, 6.07) is 13.8. The van der Waals surface area contributed by atoms with Gasteiger partial charge in [0.15, 0.2) is 4.34 Å². The fourth-order valence-corrected chi connectivity index (χ4v) is 4.10. The number of anilines is 3. The summed E-state index contributed by atoms with van der Waals surface area (Å²) in [5, 5.41) is 15.2. The molecule has 0 spiro atoms. The van der Waals surface area contributed by atoms with Crippen molar-refractivity contribution in [2.24, 2.45) is 0 Å². The summed E-state index contributed by atoms with van der Waals surface area (Å²) in [5.41, 5.74) is 4.23. The second-order valence-electron chi connectivity index (χ2n) is 5.59. The quantitative estimate of drug-likeness (QED) is 0.361. The molecular weight excluding hydrogens is 479 g/mol. The van der Waals surface area contributed by atoms with Crippen LogP contribution >= 0.6 is 45.7 Å². The molecular formula is C18H17IN4OS2. The number of aromatic nitrogens is 2. The van der Waals surface area contributed by atoms with E-state index in [0.717, 1.165) is 24.4 Å². The SMILES string of the molecule is Cc1cccc(Nc2nnc(SCC(=O)Nc3ccc(I)cc3)s2)c1C. The first kappa shape index (κ1) is 19.1. The Morgan fingerprint density at radius 1 is 1.15 bits per heavy atom. The maximum absolute atomic E-state index is 12.1. The first-order valence-corrected chi connectivity index (χ1v) is 10.7. The maximum atomic E-state index is 12.1. The molecule has 0 aliphatic heterocycles. The number of hydrogen-bond acceptors (Lipinski definition) is 6. The minimum atomic E-state index is -0.0598. The molecule has 0 aliphatic rings. The van der Waals surface area contributed by atoms with E-state index >= 15 is 0 Å². The Hall–Kier alpha value is -1.65. The van der Waals surface area contributed by atoms with Gasteiger partial charge in [0.05, 0.1) is 5.75 Å².